The fraction of sp³-hybridized carbons (Fsp3) is 0.368. The van der Waals surface area contributed by atoms with Crippen molar-refractivity contribution in [2.75, 3.05) is 44.2 Å². The van der Waals surface area contributed by atoms with Gasteiger partial charge in [-0.2, -0.15) is 0 Å². The van der Waals surface area contributed by atoms with Gasteiger partial charge in [0.2, 0.25) is 10.0 Å². The van der Waals surface area contributed by atoms with Gasteiger partial charge in [0.25, 0.3) is 5.69 Å². The van der Waals surface area contributed by atoms with Crippen molar-refractivity contribution in [2.45, 2.75) is 11.3 Å². The van der Waals surface area contributed by atoms with Crippen LogP contribution in [0.5, 0.6) is 0 Å². The quantitative estimate of drug-likeness (QED) is 0.398. The molecule has 1 N–H and O–H groups in total. The standard InChI is InChI=1S/C19H23FN4O4S/c20-16-2-4-17(5-3-16)23-14-12-22(13-15-23)11-1-10-21-29(27,28)19-8-6-18(7-9-19)24(25)26/h2-9,21H,1,10-15H2. The van der Waals surface area contributed by atoms with E-state index in [9.17, 15) is 22.9 Å². The van der Waals surface area contributed by atoms with Gasteiger partial charge >= 0.3 is 0 Å². The Bertz CT molecular complexity index is 928. The molecule has 1 aliphatic rings. The predicted octanol–water partition coefficient (Wildman–Crippen LogP) is 2.22. The van der Waals surface area contributed by atoms with Crippen LogP contribution in [-0.4, -0.2) is 57.5 Å². The van der Waals surface area contributed by atoms with Crippen molar-refractivity contribution < 1.29 is 17.7 Å². The molecule has 0 radical (unpaired) electrons. The summed E-state index contributed by atoms with van der Waals surface area (Å²) in [7, 11) is -3.68. The molecule has 156 valence electrons. The number of rotatable bonds is 8. The number of hydrogen-bond acceptors (Lipinski definition) is 6. The third kappa shape index (κ3) is 5.72. The molecule has 0 unspecified atom stereocenters. The van der Waals surface area contributed by atoms with E-state index in [-0.39, 0.29) is 22.9 Å². The zero-order chi connectivity index (χ0) is 20.9. The van der Waals surface area contributed by atoms with Gasteiger partial charge in [0, 0.05) is 50.5 Å². The van der Waals surface area contributed by atoms with E-state index in [0.717, 1.165) is 38.4 Å². The topological polar surface area (TPSA) is 95.8 Å². The van der Waals surface area contributed by atoms with E-state index in [1.54, 1.807) is 12.1 Å². The van der Waals surface area contributed by atoms with Gasteiger partial charge in [-0.3, -0.25) is 15.0 Å². The minimum atomic E-state index is -3.68. The van der Waals surface area contributed by atoms with Crippen molar-refractivity contribution in [3.8, 4) is 0 Å². The molecule has 8 nitrogen and oxygen atoms in total. The first kappa shape index (κ1) is 21.2. The molecule has 0 amide bonds. The molecule has 1 fully saturated rings. The van der Waals surface area contributed by atoms with Crippen LogP contribution in [0.15, 0.2) is 53.4 Å². The molecule has 29 heavy (non-hydrogen) atoms. The van der Waals surface area contributed by atoms with E-state index in [4.69, 9.17) is 0 Å². The molecule has 0 spiro atoms. The second-order valence-corrected chi connectivity index (χ2v) is 8.57. The van der Waals surface area contributed by atoms with Crippen LogP contribution in [0, 0.1) is 15.9 Å². The number of nitrogens with one attached hydrogen (secondary N) is 1. The number of nitrogens with zero attached hydrogens (tertiary/aromatic N) is 3. The number of nitro groups is 1. The van der Waals surface area contributed by atoms with Gasteiger partial charge in [0.1, 0.15) is 5.82 Å². The van der Waals surface area contributed by atoms with Crippen molar-refractivity contribution in [1.82, 2.24) is 9.62 Å². The minimum absolute atomic E-state index is 0.0102. The molecule has 10 heteroatoms. The summed E-state index contributed by atoms with van der Waals surface area (Å²) in [6.45, 7) is 4.43. The number of non-ortho nitro benzene ring substituents is 1. The van der Waals surface area contributed by atoms with E-state index in [0.29, 0.717) is 6.42 Å². The molecule has 2 aromatic carbocycles. The van der Waals surface area contributed by atoms with Crippen LogP contribution in [0.1, 0.15) is 6.42 Å². The molecule has 2 aromatic rings. The van der Waals surface area contributed by atoms with Gasteiger partial charge in [-0.25, -0.2) is 17.5 Å². The lowest BCUT2D eigenvalue weighted by atomic mass is 10.2. The first-order valence-electron chi connectivity index (χ1n) is 9.32. The normalized spacial score (nSPS) is 15.4. The Hall–Kier alpha value is -2.56. The van der Waals surface area contributed by atoms with Crippen molar-refractivity contribution in [3.05, 3.63) is 64.5 Å². The van der Waals surface area contributed by atoms with Gasteiger partial charge in [-0.1, -0.05) is 0 Å². The highest BCUT2D eigenvalue weighted by Crippen LogP contribution is 2.17. The second kappa shape index (κ2) is 9.29. The highest BCUT2D eigenvalue weighted by atomic mass is 32.2. The van der Waals surface area contributed by atoms with Gasteiger partial charge < -0.3 is 4.90 Å². The summed E-state index contributed by atoms with van der Waals surface area (Å²) >= 11 is 0. The number of nitro benzene ring substituents is 1. The summed E-state index contributed by atoms with van der Waals surface area (Å²) < 4.78 is 40.1. The Balaban J connectivity index is 1.40. The van der Waals surface area contributed by atoms with Gasteiger partial charge in [-0.05, 0) is 49.4 Å². The highest BCUT2D eigenvalue weighted by Gasteiger charge is 2.18. The second-order valence-electron chi connectivity index (χ2n) is 6.81. The zero-order valence-electron chi connectivity index (χ0n) is 15.8. The Morgan fingerprint density at radius 3 is 2.21 bits per heavy atom. The zero-order valence-corrected chi connectivity index (χ0v) is 16.6. The first-order chi connectivity index (χ1) is 13.8. The number of piperazine rings is 1. The fourth-order valence-electron chi connectivity index (χ4n) is 3.22. The van der Waals surface area contributed by atoms with E-state index < -0.39 is 14.9 Å². The molecule has 0 bridgehead atoms. The van der Waals surface area contributed by atoms with Crippen LogP contribution in [0.2, 0.25) is 0 Å². The summed E-state index contributed by atoms with van der Waals surface area (Å²) in [5.41, 5.74) is 0.852. The summed E-state index contributed by atoms with van der Waals surface area (Å²) in [5.74, 6) is -0.247. The Morgan fingerprint density at radius 2 is 1.62 bits per heavy atom. The van der Waals surface area contributed by atoms with Crippen molar-refractivity contribution in [2.24, 2.45) is 0 Å². The average molecular weight is 422 g/mol. The van der Waals surface area contributed by atoms with E-state index in [1.165, 1.54) is 36.4 Å². The van der Waals surface area contributed by atoms with Gasteiger partial charge in [0.15, 0.2) is 0 Å². The predicted molar refractivity (Wildman–Crippen MR) is 108 cm³/mol. The summed E-state index contributed by atoms with van der Waals surface area (Å²) in [4.78, 5) is 14.6. The smallest absolute Gasteiger partial charge is 0.269 e. The molecule has 1 aliphatic heterocycles. The number of anilines is 1. The molecule has 0 aliphatic carbocycles. The van der Waals surface area contributed by atoms with Crippen molar-refractivity contribution >= 4 is 21.4 Å². The third-order valence-electron chi connectivity index (χ3n) is 4.87. The number of hydrogen-bond donors (Lipinski definition) is 1. The fourth-order valence-corrected chi connectivity index (χ4v) is 4.30. The van der Waals surface area contributed by atoms with Gasteiger partial charge in [-0.15, -0.1) is 0 Å². The SMILES string of the molecule is O=[N+]([O-])c1ccc(S(=O)(=O)NCCCN2CCN(c3ccc(F)cc3)CC2)cc1. The Kier molecular flexibility index (Phi) is 6.78. The van der Waals surface area contributed by atoms with Crippen LogP contribution in [-0.2, 0) is 10.0 Å². The summed E-state index contributed by atoms with van der Waals surface area (Å²) in [6, 6.07) is 11.3. The molecule has 0 atom stereocenters. The molecule has 1 saturated heterocycles. The molecule has 0 saturated carbocycles. The molecule has 3 rings (SSSR count). The largest absolute Gasteiger partial charge is 0.369 e. The lowest BCUT2D eigenvalue weighted by Gasteiger charge is -2.36. The Labute approximate surface area is 169 Å². The molecular weight excluding hydrogens is 399 g/mol. The van der Waals surface area contributed by atoms with E-state index in [1.807, 2.05) is 0 Å². The minimum Gasteiger partial charge on any atom is -0.369 e. The van der Waals surface area contributed by atoms with Gasteiger partial charge in [0.05, 0.1) is 9.82 Å². The maximum atomic E-state index is 13.0. The monoisotopic (exact) mass is 422 g/mol. The molecule has 0 aromatic heterocycles. The third-order valence-corrected chi connectivity index (χ3v) is 6.34. The number of sulfonamides is 1. The maximum absolute atomic E-state index is 13.0. The number of benzene rings is 2. The number of halogens is 1. The summed E-state index contributed by atoms with van der Waals surface area (Å²) in [6.07, 6.45) is 0.656. The Morgan fingerprint density at radius 1 is 1.00 bits per heavy atom. The van der Waals surface area contributed by atoms with E-state index >= 15 is 0 Å². The van der Waals surface area contributed by atoms with E-state index in [2.05, 4.69) is 14.5 Å². The van der Waals surface area contributed by atoms with Crippen LogP contribution in [0.4, 0.5) is 15.8 Å². The lowest BCUT2D eigenvalue weighted by Crippen LogP contribution is -2.47. The van der Waals surface area contributed by atoms with Crippen LogP contribution < -0.4 is 9.62 Å². The van der Waals surface area contributed by atoms with Crippen LogP contribution >= 0.6 is 0 Å². The highest BCUT2D eigenvalue weighted by molar-refractivity contribution is 7.89. The molecular formula is C19H23FN4O4S. The summed E-state index contributed by atoms with van der Waals surface area (Å²) in [5, 5.41) is 10.7. The van der Waals surface area contributed by atoms with Crippen LogP contribution in [0.3, 0.4) is 0 Å². The maximum Gasteiger partial charge on any atom is 0.269 e. The van der Waals surface area contributed by atoms with Crippen LogP contribution in [0.25, 0.3) is 0 Å². The van der Waals surface area contributed by atoms with Crippen molar-refractivity contribution in [1.29, 1.82) is 0 Å². The average Bonchev–Trinajstić information content (AvgIpc) is 2.72. The lowest BCUT2D eigenvalue weighted by molar-refractivity contribution is -0.384. The molecule has 1 heterocycles. The van der Waals surface area contributed by atoms with Crippen molar-refractivity contribution in [3.63, 3.8) is 0 Å². The first-order valence-corrected chi connectivity index (χ1v) is 10.8.